The molecule has 4 nitrogen and oxygen atoms in total. The number of hydrogen-bond donors (Lipinski definition) is 1. The van der Waals surface area contributed by atoms with E-state index >= 15 is 0 Å². The SMILES string of the molecule is C=CCOc1ccc(C(=O)Nc2ccccc2OCC)cc1Br. The summed E-state index contributed by atoms with van der Waals surface area (Å²) in [5.41, 5.74) is 1.16. The Kier molecular flexibility index (Phi) is 6.23. The van der Waals surface area contributed by atoms with Crippen LogP contribution < -0.4 is 14.8 Å². The Balaban J connectivity index is 2.15. The number of anilines is 1. The highest BCUT2D eigenvalue weighted by molar-refractivity contribution is 9.10. The van der Waals surface area contributed by atoms with E-state index in [1.54, 1.807) is 30.3 Å². The molecule has 0 unspecified atom stereocenters. The number of halogens is 1. The first kappa shape index (κ1) is 17.1. The van der Waals surface area contributed by atoms with Crippen molar-refractivity contribution in [1.82, 2.24) is 0 Å². The quantitative estimate of drug-likeness (QED) is 0.715. The van der Waals surface area contributed by atoms with E-state index in [4.69, 9.17) is 9.47 Å². The Morgan fingerprint density at radius 3 is 2.70 bits per heavy atom. The lowest BCUT2D eigenvalue weighted by Crippen LogP contribution is -2.13. The molecule has 0 heterocycles. The minimum absolute atomic E-state index is 0.215. The fourth-order valence-electron chi connectivity index (χ4n) is 1.95. The van der Waals surface area contributed by atoms with E-state index in [2.05, 4.69) is 27.8 Å². The number of nitrogens with one attached hydrogen (secondary N) is 1. The fraction of sp³-hybridized carbons (Fsp3) is 0.167. The van der Waals surface area contributed by atoms with Crippen molar-refractivity contribution in [2.24, 2.45) is 0 Å². The van der Waals surface area contributed by atoms with E-state index in [9.17, 15) is 4.79 Å². The molecule has 23 heavy (non-hydrogen) atoms. The molecule has 0 radical (unpaired) electrons. The van der Waals surface area contributed by atoms with Crippen molar-refractivity contribution < 1.29 is 14.3 Å². The van der Waals surface area contributed by atoms with Gasteiger partial charge in [0.1, 0.15) is 18.1 Å². The van der Waals surface area contributed by atoms with Gasteiger partial charge in [0.2, 0.25) is 0 Å². The number of carbonyl (C=O) groups excluding carboxylic acids is 1. The lowest BCUT2D eigenvalue weighted by atomic mass is 10.2. The summed E-state index contributed by atoms with van der Waals surface area (Å²) in [5.74, 6) is 1.10. The van der Waals surface area contributed by atoms with Gasteiger partial charge >= 0.3 is 0 Å². The second-order valence-electron chi connectivity index (χ2n) is 4.63. The molecule has 0 aromatic heterocycles. The molecule has 0 bridgehead atoms. The molecule has 0 saturated heterocycles. The lowest BCUT2D eigenvalue weighted by molar-refractivity contribution is 0.102. The Bertz CT molecular complexity index is 700. The normalized spacial score (nSPS) is 10.0. The number of para-hydroxylation sites is 2. The van der Waals surface area contributed by atoms with Gasteiger partial charge < -0.3 is 14.8 Å². The third-order valence-corrected chi connectivity index (χ3v) is 3.61. The average Bonchev–Trinajstić information content (AvgIpc) is 2.55. The zero-order valence-corrected chi connectivity index (χ0v) is 14.4. The first-order chi connectivity index (χ1) is 11.2. The van der Waals surface area contributed by atoms with Gasteiger partial charge in [0, 0.05) is 5.56 Å². The predicted molar refractivity (Wildman–Crippen MR) is 95.4 cm³/mol. The van der Waals surface area contributed by atoms with Gasteiger partial charge in [-0.15, -0.1) is 0 Å². The summed E-state index contributed by atoms with van der Waals surface area (Å²) >= 11 is 3.41. The van der Waals surface area contributed by atoms with Crippen molar-refractivity contribution in [3.05, 3.63) is 65.2 Å². The molecule has 0 saturated carbocycles. The molecule has 0 spiro atoms. The molecule has 2 rings (SSSR count). The molecule has 0 aliphatic heterocycles. The largest absolute Gasteiger partial charge is 0.492 e. The highest BCUT2D eigenvalue weighted by Gasteiger charge is 2.11. The second-order valence-corrected chi connectivity index (χ2v) is 5.48. The molecule has 2 aromatic carbocycles. The first-order valence-corrected chi connectivity index (χ1v) is 8.01. The Morgan fingerprint density at radius 2 is 2.00 bits per heavy atom. The van der Waals surface area contributed by atoms with Crippen LogP contribution in [0, 0.1) is 0 Å². The van der Waals surface area contributed by atoms with Gasteiger partial charge in [-0.3, -0.25) is 4.79 Å². The van der Waals surface area contributed by atoms with E-state index in [1.165, 1.54) is 0 Å². The molecule has 5 heteroatoms. The number of carbonyl (C=O) groups is 1. The first-order valence-electron chi connectivity index (χ1n) is 7.22. The molecule has 120 valence electrons. The number of ether oxygens (including phenoxy) is 2. The van der Waals surface area contributed by atoms with Crippen LogP contribution >= 0.6 is 15.9 Å². The molecule has 0 aliphatic carbocycles. The topological polar surface area (TPSA) is 47.6 Å². The Hall–Kier alpha value is -2.27. The molecule has 1 amide bonds. The highest BCUT2D eigenvalue weighted by Crippen LogP contribution is 2.28. The maximum absolute atomic E-state index is 12.4. The van der Waals surface area contributed by atoms with E-state index in [1.807, 2.05) is 25.1 Å². The molecule has 0 aliphatic rings. The summed E-state index contributed by atoms with van der Waals surface area (Å²) < 4.78 is 11.7. The van der Waals surface area contributed by atoms with Crippen LogP contribution in [0.4, 0.5) is 5.69 Å². The van der Waals surface area contributed by atoms with Crippen LogP contribution in [0.2, 0.25) is 0 Å². The van der Waals surface area contributed by atoms with Crippen molar-refractivity contribution >= 4 is 27.5 Å². The smallest absolute Gasteiger partial charge is 0.255 e. The Morgan fingerprint density at radius 1 is 1.22 bits per heavy atom. The second kappa shape index (κ2) is 8.39. The van der Waals surface area contributed by atoms with Crippen LogP contribution in [0.1, 0.15) is 17.3 Å². The molecule has 0 fully saturated rings. The number of benzene rings is 2. The van der Waals surface area contributed by atoms with Crippen molar-refractivity contribution in [3.63, 3.8) is 0 Å². The van der Waals surface area contributed by atoms with Gasteiger partial charge in [-0.05, 0) is 53.2 Å². The monoisotopic (exact) mass is 375 g/mol. The summed E-state index contributed by atoms with van der Waals surface area (Å²) in [5, 5.41) is 2.86. The fourth-order valence-corrected chi connectivity index (χ4v) is 2.45. The summed E-state index contributed by atoms with van der Waals surface area (Å²) in [6.45, 7) is 6.45. The standard InChI is InChI=1S/C18H18BrNO3/c1-3-11-23-16-10-9-13(12-14(16)19)18(21)20-15-7-5-6-8-17(15)22-4-2/h3,5-10,12H,1,4,11H2,2H3,(H,20,21). The molecule has 1 N–H and O–H groups in total. The minimum atomic E-state index is -0.215. The van der Waals surface area contributed by atoms with Gasteiger partial charge in [0.25, 0.3) is 5.91 Å². The molecular formula is C18H18BrNO3. The average molecular weight is 376 g/mol. The maximum atomic E-state index is 12.4. The van der Waals surface area contributed by atoms with Crippen LogP contribution in [0.5, 0.6) is 11.5 Å². The van der Waals surface area contributed by atoms with E-state index in [-0.39, 0.29) is 5.91 Å². The zero-order valence-electron chi connectivity index (χ0n) is 12.8. The van der Waals surface area contributed by atoms with Gasteiger partial charge in [-0.2, -0.15) is 0 Å². The van der Waals surface area contributed by atoms with Gasteiger partial charge in [-0.1, -0.05) is 24.8 Å². The zero-order chi connectivity index (χ0) is 16.7. The van der Waals surface area contributed by atoms with Crippen molar-refractivity contribution in [1.29, 1.82) is 0 Å². The summed E-state index contributed by atoms with van der Waals surface area (Å²) in [4.78, 5) is 12.4. The summed E-state index contributed by atoms with van der Waals surface area (Å²) in [7, 11) is 0. The Labute approximate surface area is 144 Å². The van der Waals surface area contributed by atoms with Gasteiger partial charge in [0.05, 0.1) is 16.8 Å². The van der Waals surface area contributed by atoms with E-state index in [0.29, 0.717) is 40.4 Å². The van der Waals surface area contributed by atoms with Crippen LogP contribution in [0.3, 0.4) is 0 Å². The van der Waals surface area contributed by atoms with Crippen LogP contribution in [-0.4, -0.2) is 19.1 Å². The van der Waals surface area contributed by atoms with Crippen LogP contribution in [-0.2, 0) is 0 Å². The minimum Gasteiger partial charge on any atom is -0.492 e. The third kappa shape index (κ3) is 4.60. The van der Waals surface area contributed by atoms with Crippen molar-refractivity contribution in [2.45, 2.75) is 6.92 Å². The van der Waals surface area contributed by atoms with Crippen molar-refractivity contribution in [2.75, 3.05) is 18.5 Å². The lowest BCUT2D eigenvalue weighted by Gasteiger charge is -2.12. The van der Waals surface area contributed by atoms with Gasteiger partial charge in [0.15, 0.2) is 0 Å². The maximum Gasteiger partial charge on any atom is 0.255 e. The van der Waals surface area contributed by atoms with Crippen LogP contribution in [0.25, 0.3) is 0 Å². The molecule has 0 atom stereocenters. The number of hydrogen-bond acceptors (Lipinski definition) is 3. The van der Waals surface area contributed by atoms with Crippen molar-refractivity contribution in [3.8, 4) is 11.5 Å². The predicted octanol–water partition coefficient (Wildman–Crippen LogP) is 4.66. The summed E-state index contributed by atoms with van der Waals surface area (Å²) in [6, 6.07) is 12.5. The van der Waals surface area contributed by atoms with E-state index < -0.39 is 0 Å². The van der Waals surface area contributed by atoms with Crippen LogP contribution in [0.15, 0.2) is 59.6 Å². The summed E-state index contributed by atoms with van der Waals surface area (Å²) in [6.07, 6.45) is 1.66. The number of amides is 1. The highest BCUT2D eigenvalue weighted by atomic mass is 79.9. The molecule has 2 aromatic rings. The van der Waals surface area contributed by atoms with Gasteiger partial charge in [-0.25, -0.2) is 0 Å². The van der Waals surface area contributed by atoms with E-state index in [0.717, 1.165) is 0 Å². The molecular weight excluding hydrogens is 358 g/mol. The third-order valence-electron chi connectivity index (χ3n) is 2.99. The number of rotatable bonds is 7.